The van der Waals surface area contributed by atoms with Crippen LogP contribution < -0.4 is 5.56 Å². The first kappa shape index (κ1) is 10.4. The molecule has 1 rings (SSSR count). The number of rotatable bonds is 3. The first-order chi connectivity index (χ1) is 6.50. The summed E-state index contributed by atoms with van der Waals surface area (Å²) in [5, 5.41) is 8.48. The maximum absolute atomic E-state index is 11.4. The van der Waals surface area contributed by atoms with Crippen LogP contribution in [-0.2, 0) is 11.3 Å². The monoisotopic (exact) mass is 196 g/mol. The number of aryl methyl sites for hydroxylation is 2. The molecule has 0 bridgehead atoms. The molecule has 1 aromatic heterocycles. The van der Waals surface area contributed by atoms with E-state index in [1.807, 2.05) is 0 Å². The van der Waals surface area contributed by atoms with E-state index in [0.717, 1.165) is 0 Å². The van der Waals surface area contributed by atoms with Crippen LogP contribution >= 0.6 is 0 Å². The molecule has 1 aromatic rings. The molecule has 0 aliphatic rings. The summed E-state index contributed by atoms with van der Waals surface area (Å²) >= 11 is 0. The molecule has 0 unspecified atom stereocenters. The third kappa shape index (κ3) is 2.42. The van der Waals surface area contributed by atoms with Gasteiger partial charge in [-0.1, -0.05) is 0 Å². The Morgan fingerprint density at radius 3 is 2.71 bits per heavy atom. The van der Waals surface area contributed by atoms with E-state index in [2.05, 4.69) is 4.98 Å². The zero-order valence-electron chi connectivity index (χ0n) is 8.15. The van der Waals surface area contributed by atoms with Gasteiger partial charge in [0.1, 0.15) is 5.82 Å². The van der Waals surface area contributed by atoms with Crippen molar-refractivity contribution in [2.75, 3.05) is 0 Å². The number of carboxylic acids is 1. The predicted octanol–water partition coefficient (Wildman–Crippen LogP) is 0.335. The fraction of sp³-hybridized carbons (Fsp3) is 0.444. The second-order valence-electron chi connectivity index (χ2n) is 3.08. The molecule has 0 aromatic carbocycles. The van der Waals surface area contributed by atoms with Crippen LogP contribution in [0.1, 0.15) is 17.9 Å². The van der Waals surface area contributed by atoms with Gasteiger partial charge in [0.25, 0.3) is 5.56 Å². The molecule has 0 aliphatic carbocycles. The van der Waals surface area contributed by atoms with Gasteiger partial charge in [0, 0.05) is 18.3 Å². The SMILES string of the molecule is Cc1cc(=O)n(CCC(=O)O)c(C)n1. The predicted molar refractivity (Wildman–Crippen MR) is 50.2 cm³/mol. The first-order valence-electron chi connectivity index (χ1n) is 4.27. The highest BCUT2D eigenvalue weighted by Gasteiger charge is 2.04. The van der Waals surface area contributed by atoms with Crippen LogP contribution in [0.2, 0.25) is 0 Å². The van der Waals surface area contributed by atoms with Gasteiger partial charge in [-0.2, -0.15) is 0 Å². The number of carbonyl (C=O) groups is 1. The summed E-state index contributed by atoms with van der Waals surface area (Å²) in [4.78, 5) is 25.8. The summed E-state index contributed by atoms with van der Waals surface area (Å²) < 4.78 is 1.36. The van der Waals surface area contributed by atoms with Crippen LogP contribution in [0, 0.1) is 13.8 Å². The van der Waals surface area contributed by atoms with Crippen LogP contribution in [0.4, 0.5) is 0 Å². The topological polar surface area (TPSA) is 72.2 Å². The van der Waals surface area contributed by atoms with Crippen molar-refractivity contribution in [2.45, 2.75) is 26.8 Å². The Bertz CT molecular complexity index is 409. The fourth-order valence-corrected chi connectivity index (χ4v) is 1.24. The molecule has 1 heterocycles. The minimum Gasteiger partial charge on any atom is -0.481 e. The molecule has 1 N–H and O–H groups in total. The fourth-order valence-electron chi connectivity index (χ4n) is 1.24. The van der Waals surface area contributed by atoms with Crippen LogP contribution in [0.5, 0.6) is 0 Å². The highest BCUT2D eigenvalue weighted by molar-refractivity contribution is 5.66. The molecule has 0 atom stereocenters. The van der Waals surface area contributed by atoms with Crippen molar-refractivity contribution in [3.05, 3.63) is 27.9 Å². The highest BCUT2D eigenvalue weighted by atomic mass is 16.4. The lowest BCUT2D eigenvalue weighted by atomic mass is 10.4. The average Bonchev–Trinajstić information content (AvgIpc) is 2.01. The zero-order valence-corrected chi connectivity index (χ0v) is 8.15. The van der Waals surface area contributed by atoms with E-state index in [9.17, 15) is 9.59 Å². The number of carboxylic acid groups (broad SMARTS) is 1. The van der Waals surface area contributed by atoms with E-state index >= 15 is 0 Å². The molecule has 0 aliphatic heterocycles. The van der Waals surface area contributed by atoms with Gasteiger partial charge in [-0.3, -0.25) is 14.2 Å². The number of aliphatic carboxylic acids is 1. The summed E-state index contributed by atoms with van der Waals surface area (Å²) in [6.45, 7) is 3.60. The molecule has 0 fully saturated rings. The largest absolute Gasteiger partial charge is 0.481 e. The maximum atomic E-state index is 11.4. The summed E-state index contributed by atoms with van der Waals surface area (Å²) in [7, 11) is 0. The van der Waals surface area contributed by atoms with Crippen molar-refractivity contribution in [3.8, 4) is 0 Å². The van der Waals surface area contributed by atoms with Crippen molar-refractivity contribution in [2.24, 2.45) is 0 Å². The van der Waals surface area contributed by atoms with Crippen LogP contribution in [0.3, 0.4) is 0 Å². The first-order valence-corrected chi connectivity index (χ1v) is 4.27. The minimum absolute atomic E-state index is 0.0640. The van der Waals surface area contributed by atoms with E-state index in [-0.39, 0.29) is 18.5 Å². The second-order valence-corrected chi connectivity index (χ2v) is 3.08. The van der Waals surface area contributed by atoms with Crippen LogP contribution in [0.25, 0.3) is 0 Å². The molecule has 0 radical (unpaired) electrons. The normalized spacial score (nSPS) is 10.1. The maximum Gasteiger partial charge on any atom is 0.305 e. The van der Waals surface area contributed by atoms with Crippen molar-refractivity contribution in [3.63, 3.8) is 0 Å². The summed E-state index contributed by atoms with van der Waals surface area (Å²) in [6, 6.07) is 1.40. The minimum atomic E-state index is -0.920. The van der Waals surface area contributed by atoms with Gasteiger partial charge in [0.2, 0.25) is 0 Å². The van der Waals surface area contributed by atoms with Gasteiger partial charge in [0.15, 0.2) is 0 Å². The number of hydrogen-bond donors (Lipinski definition) is 1. The lowest BCUT2D eigenvalue weighted by molar-refractivity contribution is -0.137. The Morgan fingerprint density at radius 1 is 1.57 bits per heavy atom. The molecule has 0 saturated carbocycles. The molecule has 5 nitrogen and oxygen atoms in total. The number of hydrogen-bond acceptors (Lipinski definition) is 3. The van der Waals surface area contributed by atoms with Gasteiger partial charge >= 0.3 is 5.97 Å². The van der Waals surface area contributed by atoms with E-state index in [1.54, 1.807) is 13.8 Å². The van der Waals surface area contributed by atoms with E-state index in [4.69, 9.17) is 5.11 Å². The molecule has 0 amide bonds. The molecule has 0 spiro atoms. The smallest absolute Gasteiger partial charge is 0.305 e. The van der Waals surface area contributed by atoms with Crippen molar-refractivity contribution < 1.29 is 9.90 Å². The third-order valence-corrected chi connectivity index (χ3v) is 1.88. The summed E-state index contributed by atoms with van der Waals surface area (Å²) in [5.74, 6) is -0.367. The van der Waals surface area contributed by atoms with E-state index < -0.39 is 5.97 Å². The molecule has 14 heavy (non-hydrogen) atoms. The Kier molecular flexibility index (Phi) is 3.01. The highest BCUT2D eigenvalue weighted by Crippen LogP contribution is 1.95. The van der Waals surface area contributed by atoms with Gasteiger partial charge < -0.3 is 5.11 Å². The van der Waals surface area contributed by atoms with Gasteiger partial charge in [-0.05, 0) is 13.8 Å². The summed E-state index contributed by atoms with van der Waals surface area (Å²) in [5.41, 5.74) is 0.454. The Labute approximate surface area is 81.0 Å². The third-order valence-electron chi connectivity index (χ3n) is 1.88. The second kappa shape index (κ2) is 4.04. The quantitative estimate of drug-likeness (QED) is 0.756. The zero-order chi connectivity index (χ0) is 10.7. The van der Waals surface area contributed by atoms with E-state index in [1.165, 1.54) is 10.6 Å². The van der Waals surface area contributed by atoms with Crippen molar-refractivity contribution in [1.82, 2.24) is 9.55 Å². The summed E-state index contributed by atoms with van der Waals surface area (Å²) in [6.07, 6.45) is -0.0640. The average molecular weight is 196 g/mol. The van der Waals surface area contributed by atoms with Crippen LogP contribution in [0.15, 0.2) is 10.9 Å². The van der Waals surface area contributed by atoms with E-state index in [0.29, 0.717) is 11.5 Å². The Balaban J connectivity index is 2.97. The number of aromatic nitrogens is 2. The van der Waals surface area contributed by atoms with Crippen molar-refractivity contribution in [1.29, 1.82) is 0 Å². The van der Waals surface area contributed by atoms with Crippen molar-refractivity contribution >= 4 is 5.97 Å². The molecule has 5 heteroatoms. The molecule has 76 valence electrons. The van der Waals surface area contributed by atoms with Crippen LogP contribution in [-0.4, -0.2) is 20.6 Å². The molecular weight excluding hydrogens is 184 g/mol. The van der Waals surface area contributed by atoms with Gasteiger partial charge in [0.05, 0.1) is 6.42 Å². The Morgan fingerprint density at radius 2 is 2.21 bits per heavy atom. The Hall–Kier alpha value is -1.65. The van der Waals surface area contributed by atoms with Gasteiger partial charge in [-0.25, -0.2) is 4.98 Å². The van der Waals surface area contributed by atoms with Gasteiger partial charge in [-0.15, -0.1) is 0 Å². The lowest BCUT2D eigenvalue weighted by Crippen LogP contribution is -2.24. The standard InChI is InChI=1S/C9H12N2O3/c1-6-5-8(12)11(7(2)10-6)4-3-9(13)14/h5H,3-4H2,1-2H3,(H,13,14). The molecule has 0 saturated heterocycles. The number of nitrogens with zero attached hydrogens (tertiary/aromatic N) is 2. The lowest BCUT2D eigenvalue weighted by Gasteiger charge is -2.07. The molecular formula is C9H12N2O3.